The molecule has 2 aromatic rings. The monoisotopic (exact) mass is 418 g/mol. The van der Waals surface area contributed by atoms with Gasteiger partial charge in [0.15, 0.2) is 0 Å². The van der Waals surface area contributed by atoms with E-state index in [0.717, 1.165) is 19.4 Å². The number of ether oxygens (including phenoxy) is 1. The van der Waals surface area contributed by atoms with Gasteiger partial charge < -0.3 is 14.7 Å². The van der Waals surface area contributed by atoms with Crippen molar-refractivity contribution in [3.05, 3.63) is 63.6 Å². The predicted molar refractivity (Wildman–Crippen MR) is 109 cm³/mol. The molecule has 0 spiro atoms. The van der Waals surface area contributed by atoms with Gasteiger partial charge in [0.1, 0.15) is 5.75 Å². The van der Waals surface area contributed by atoms with Crippen molar-refractivity contribution in [1.82, 2.24) is 4.90 Å². The van der Waals surface area contributed by atoms with Gasteiger partial charge in [0, 0.05) is 22.2 Å². The zero-order valence-corrected chi connectivity index (χ0v) is 16.8. The highest BCUT2D eigenvalue weighted by Gasteiger charge is 2.55. The van der Waals surface area contributed by atoms with Crippen molar-refractivity contribution in [2.45, 2.75) is 24.4 Å². The van der Waals surface area contributed by atoms with Crippen LogP contribution in [0.4, 0.5) is 0 Å². The summed E-state index contributed by atoms with van der Waals surface area (Å²) in [7, 11) is 1.35. The second kappa shape index (κ2) is 7.30. The van der Waals surface area contributed by atoms with E-state index in [9.17, 15) is 9.90 Å². The van der Waals surface area contributed by atoms with Crippen LogP contribution in [-0.4, -0.2) is 36.0 Å². The van der Waals surface area contributed by atoms with Crippen LogP contribution in [0, 0.1) is 5.92 Å². The first-order valence-corrected chi connectivity index (χ1v) is 9.85. The van der Waals surface area contributed by atoms with Gasteiger partial charge in [-0.2, -0.15) is 0 Å². The first kappa shape index (κ1) is 19.1. The van der Waals surface area contributed by atoms with E-state index in [1.165, 1.54) is 13.2 Å². The van der Waals surface area contributed by atoms with E-state index in [4.69, 9.17) is 27.9 Å². The van der Waals surface area contributed by atoms with Gasteiger partial charge in [-0.15, -0.1) is 0 Å². The lowest BCUT2D eigenvalue weighted by Crippen LogP contribution is -2.44. The molecule has 7 heteroatoms. The number of phenols is 1. The number of hydrogen-bond acceptors (Lipinski definition) is 5. The Hall–Kier alpha value is -2.24. The molecule has 146 valence electrons. The van der Waals surface area contributed by atoms with Gasteiger partial charge in [0.2, 0.25) is 5.54 Å². The van der Waals surface area contributed by atoms with E-state index in [2.05, 4.69) is 4.99 Å². The summed E-state index contributed by atoms with van der Waals surface area (Å²) in [5.41, 5.74) is -0.125. The van der Waals surface area contributed by atoms with E-state index in [-0.39, 0.29) is 5.75 Å². The fourth-order valence-electron chi connectivity index (χ4n) is 3.82. The van der Waals surface area contributed by atoms with Crippen LogP contribution < -0.4 is 0 Å². The Morgan fingerprint density at radius 1 is 1.21 bits per heavy atom. The first-order valence-electron chi connectivity index (χ1n) is 9.09. The molecule has 1 aliphatic carbocycles. The Morgan fingerprint density at radius 3 is 2.50 bits per heavy atom. The third-order valence-corrected chi connectivity index (χ3v) is 5.86. The number of methoxy groups -OCH3 is 1. The molecule has 0 amide bonds. The molecule has 2 aromatic carbocycles. The number of halogens is 2. The maximum Gasteiger partial charge on any atom is 0.341 e. The summed E-state index contributed by atoms with van der Waals surface area (Å²) in [5, 5.41) is 11.6. The summed E-state index contributed by atoms with van der Waals surface area (Å²) in [6.07, 6.45) is 3.99. The maximum atomic E-state index is 13.1. The van der Waals surface area contributed by atoms with E-state index < -0.39 is 17.6 Å². The third kappa shape index (κ3) is 3.23. The fraction of sp³-hybridized carbons (Fsp3) is 0.333. The van der Waals surface area contributed by atoms with E-state index >= 15 is 0 Å². The first-order chi connectivity index (χ1) is 13.5. The van der Waals surface area contributed by atoms with Gasteiger partial charge in [0.25, 0.3) is 0 Å². The average molecular weight is 419 g/mol. The quantitative estimate of drug-likeness (QED) is 0.722. The maximum absolute atomic E-state index is 13.1. The topological polar surface area (TPSA) is 62.1 Å². The second-order valence-electron chi connectivity index (χ2n) is 7.26. The fourth-order valence-corrected chi connectivity index (χ4v) is 4.11. The lowest BCUT2D eigenvalue weighted by Gasteiger charge is -2.36. The van der Waals surface area contributed by atoms with Crippen LogP contribution in [0.5, 0.6) is 5.75 Å². The third-order valence-electron chi connectivity index (χ3n) is 5.37. The molecule has 0 aromatic heterocycles. The number of phenolic OH excluding ortho intramolecular Hbond substituents is 1. The summed E-state index contributed by atoms with van der Waals surface area (Å²) in [5.74, 6) is 0.0804. The van der Waals surface area contributed by atoms with Crippen LogP contribution in [0.25, 0.3) is 0 Å². The van der Waals surface area contributed by atoms with Crippen molar-refractivity contribution in [3.8, 4) is 5.75 Å². The van der Waals surface area contributed by atoms with Crippen molar-refractivity contribution in [2.24, 2.45) is 10.9 Å². The largest absolute Gasteiger partial charge is 0.508 e. The lowest BCUT2D eigenvalue weighted by molar-refractivity contribution is -0.149. The van der Waals surface area contributed by atoms with Crippen molar-refractivity contribution in [1.29, 1.82) is 0 Å². The smallest absolute Gasteiger partial charge is 0.341 e. The molecule has 1 fully saturated rings. The molecule has 0 saturated heterocycles. The molecule has 2 atom stereocenters. The summed E-state index contributed by atoms with van der Waals surface area (Å²) in [6.45, 7) is 0.753. The Morgan fingerprint density at radius 2 is 1.89 bits per heavy atom. The van der Waals surface area contributed by atoms with Gasteiger partial charge in [0.05, 0.1) is 19.5 Å². The molecule has 0 unspecified atom stereocenters. The average Bonchev–Trinajstić information content (AvgIpc) is 3.42. The number of aliphatic imine (C=N–C) groups is 1. The highest BCUT2D eigenvalue weighted by molar-refractivity contribution is 6.31. The Bertz CT molecular complexity index is 928. The van der Waals surface area contributed by atoms with Crippen LogP contribution >= 0.6 is 23.2 Å². The molecule has 1 heterocycles. The van der Waals surface area contributed by atoms with Crippen LogP contribution in [0.2, 0.25) is 10.0 Å². The number of carbonyl (C=O) groups is 1. The number of nitrogens with zero attached hydrogens (tertiary/aromatic N) is 2. The number of benzene rings is 2. The SMILES string of the molecule is COC(=O)[C@]1(c2ccc(Cl)cc2)N=CN(CC2CC2)[C@H]1c1ccc(Cl)cc1O. The molecule has 0 bridgehead atoms. The van der Waals surface area contributed by atoms with Gasteiger partial charge in [-0.05, 0) is 48.6 Å². The van der Waals surface area contributed by atoms with Crippen molar-refractivity contribution < 1.29 is 14.6 Å². The number of esters is 1. The van der Waals surface area contributed by atoms with Crippen molar-refractivity contribution in [3.63, 3.8) is 0 Å². The number of hydrogen-bond donors (Lipinski definition) is 1. The minimum Gasteiger partial charge on any atom is -0.508 e. The molecular weight excluding hydrogens is 399 g/mol. The van der Waals surface area contributed by atoms with Crippen LogP contribution in [0.3, 0.4) is 0 Å². The number of aromatic hydroxyl groups is 1. The Labute approximate surface area is 173 Å². The summed E-state index contributed by atoms with van der Waals surface area (Å²) < 4.78 is 5.19. The number of rotatable bonds is 5. The van der Waals surface area contributed by atoms with E-state index in [0.29, 0.717) is 27.1 Å². The van der Waals surface area contributed by atoms with E-state index in [1.54, 1.807) is 42.7 Å². The van der Waals surface area contributed by atoms with Crippen molar-refractivity contribution in [2.75, 3.05) is 13.7 Å². The van der Waals surface area contributed by atoms with Gasteiger partial charge in [-0.1, -0.05) is 41.4 Å². The minimum atomic E-state index is -1.35. The highest BCUT2D eigenvalue weighted by atomic mass is 35.5. The summed E-state index contributed by atoms with van der Waals surface area (Å²) >= 11 is 12.1. The molecule has 1 N–H and O–H groups in total. The van der Waals surface area contributed by atoms with Gasteiger partial charge in [-0.25, -0.2) is 9.79 Å². The minimum absolute atomic E-state index is 0.0195. The molecule has 0 radical (unpaired) electrons. The molecule has 2 aliphatic rings. The van der Waals surface area contributed by atoms with Gasteiger partial charge >= 0.3 is 5.97 Å². The predicted octanol–water partition coefficient (Wildman–Crippen LogP) is 4.56. The van der Waals surface area contributed by atoms with Gasteiger partial charge in [-0.3, -0.25) is 0 Å². The normalized spacial score (nSPS) is 23.8. The highest BCUT2D eigenvalue weighted by Crippen LogP contribution is 2.50. The molecule has 28 heavy (non-hydrogen) atoms. The standard InChI is InChI=1S/C21H20Cl2N2O3/c1-28-20(27)21(14-4-6-15(22)7-5-14)19(17-9-8-16(23)10-18(17)26)25(12-24-21)11-13-2-3-13/h4-10,12-13,19,26H,2-3,11H2,1H3/t19-,21+/m0/s1. The van der Waals surface area contributed by atoms with Crippen LogP contribution in [0.1, 0.15) is 30.0 Å². The number of carbonyl (C=O) groups excluding carboxylic acids is 1. The van der Waals surface area contributed by atoms with Crippen LogP contribution in [-0.2, 0) is 15.1 Å². The lowest BCUT2D eigenvalue weighted by atomic mass is 9.79. The zero-order valence-electron chi connectivity index (χ0n) is 15.3. The second-order valence-corrected chi connectivity index (χ2v) is 8.13. The van der Waals surface area contributed by atoms with Crippen LogP contribution in [0.15, 0.2) is 47.5 Å². The Kier molecular flexibility index (Phi) is 4.98. The van der Waals surface area contributed by atoms with Crippen molar-refractivity contribution >= 4 is 35.5 Å². The zero-order chi connectivity index (χ0) is 19.9. The molecule has 1 aliphatic heterocycles. The Balaban J connectivity index is 1.89. The summed E-state index contributed by atoms with van der Waals surface area (Å²) in [6, 6.07) is 11.4. The molecular formula is C21H20Cl2N2O3. The summed E-state index contributed by atoms with van der Waals surface area (Å²) in [4.78, 5) is 19.8. The van der Waals surface area contributed by atoms with E-state index in [1.807, 2.05) is 4.90 Å². The molecule has 4 rings (SSSR count). The molecule has 1 saturated carbocycles. The molecule has 5 nitrogen and oxygen atoms in total.